The van der Waals surface area contributed by atoms with E-state index >= 15 is 4.39 Å². The fourth-order valence-corrected chi connectivity index (χ4v) is 6.52. The zero-order valence-electron chi connectivity index (χ0n) is 25.8. The van der Waals surface area contributed by atoms with Crippen LogP contribution in [0.25, 0.3) is 32.1 Å². The highest BCUT2D eigenvalue weighted by atomic mass is 35.5. The number of anilines is 3. The lowest BCUT2D eigenvalue weighted by atomic mass is 9.97. The standard InChI is InChI=1S/C29H25ClF2N8OS.C2HF3O2/c1-13(15-5-4-8-36-26(15)34)40(3)28-17-9-19(30)22(16-6-7-20(31)25-21(16)18(10-33)27(35)42-25)23(32)24(17)37-29(38-28)41-14-11-39(2)12-14;3-2(4,5)1(6)7/h4-9,13-14H,11-12,35H2,1-3H3,(H2,34,36);(H,6,7)/t13-;/m1./s1. The van der Waals surface area contributed by atoms with Gasteiger partial charge in [0, 0.05) is 48.2 Å². The van der Waals surface area contributed by atoms with Crippen LogP contribution in [-0.2, 0) is 4.79 Å². The van der Waals surface area contributed by atoms with Crippen LogP contribution >= 0.6 is 22.9 Å². The third kappa shape index (κ3) is 6.80. The first-order valence-corrected chi connectivity index (χ1v) is 15.4. The zero-order chi connectivity index (χ0) is 35.9. The van der Waals surface area contributed by atoms with Gasteiger partial charge in [0.2, 0.25) is 0 Å². The summed E-state index contributed by atoms with van der Waals surface area (Å²) >= 11 is 7.69. The molecule has 256 valence electrons. The van der Waals surface area contributed by atoms with E-state index in [0.29, 0.717) is 30.1 Å². The Balaban J connectivity index is 0.000000606. The first kappa shape index (κ1) is 35.3. The molecule has 5 N–H and O–H groups in total. The lowest BCUT2D eigenvalue weighted by Gasteiger charge is -2.35. The molecule has 3 aromatic heterocycles. The van der Waals surface area contributed by atoms with Gasteiger partial charge in [-0.1, -0.05) is 23.7 Å². The maximum Gasteiger partial charge on any atom is 0.490 e. The predicted octanol–water partition coefficient (Wildman–Crippen LogP) is 6.40. The van der Waals surface area contributed by atoms with Crippen LogP contribution in [0.3, 0.4) is 0 Å². The van der Waals surface area contributed by atoms with Gasteiger partial charge in [-0.25, -0.2) is 18.6 Å². The number of rotatable bonds is 6. The number of nitrogens with two attached hydrogens (primary N) is 2. The van der Waals surface area contributed by atoms with Crippen molar-refractivity contribution in [2.24, 2.45) is 0 Å². The molecule has 0 amide bonds. The number of likely N-dealkylation sites (N-methyl/N-ethyl adjacent to an activating group) is 1. The van der Waals surface area contributed by atoms with Crippen LogP contribution in [0.5, 0.6) is 6.01 Å². The molecule has 6 rings (SSSR count). The number of benzene rings is 2. The van der Waals surface area contributed by atoms with Crippen LogP contribution in [0.1, 0.15) is 24.1 Å². The van der Waals surface area contributed by atoms with Crippen molar-refractivity contribution < 1.29 is 36.6 Å². The van der Waals surface area contributed by atoms with Crippen LogP contribution in [0, 0.1) is 23.0 Å². The summed E-state index contributed by atoms with van der Waals surface area (Å²) in [5.41, 5.74) is 13.2. The number of nitriles is 1. The SMILES string of the molecule is C[C@H](c1cccnc1N)N(C)c1nc(OC2CN(C)C2)nc2c(F)c(-c3ccc(F)c4sc(N)c(C#N)c34)c(Cl)cc12.O=C(O)C(F)(F)F. The normalized spacial score (nSPS) is 14.1. The summed E-state index contributed by atoms with van der Waals surface area (Å²) in [6.45, 7) is 3.27. The number of pyridine rings is 1. The van der Waals surface area contributed by atoms with Crippen molar-refractivity contribution >= 4 is 66.5 Å². The molecule has 0 radical (unpaired) electrons. The third-order valence-electron chi connectivity index (χ3n) is 7.82. The van der Waals surface area contributed by atoms with E-state index in [9.17, 15) is 22.8 Å². The molecule has 5 aromatic rings. The number of nitrogens with zero attached hydrogens (tertiary/aromatic N) is 6. The molecule has 0 saturated carbocycles. The van der Waals surface area contributed by atoms with E-state index in [4.69, 9.17) is 37.7 Å². The van der Waals surface area contributed by atoms with Gasteiger partial charge in [0.1, 0.15) is 40.1 Å². The highest BCUT2D eigenvalue weighted by Gasteiger charge is 2.38. The van der Waals surface area contributed by atoms with Crippen molar-refractivity contribution in [3.8, 4) is 23.2 Å². The zero-order valence-corrected chi connectivity index (χ0v) is 27.4. The van der Waals surface area contributed by atoms with E-state index in [1.165, 1.54) is 12.1 Å². The molecule has 0 aliphatic carbocycles. The predicted molar refractivity (Wildman–Crippen MR) is 175 cm³/mol. The van der Waals surface area contributed by atoms with E-state index in [1.807, 2.05) is 31.0 Å². The van der Waals surface area contributed by atoms with E-state index in [-0.39, 0.29) is 60.5 Å². The Bertz CT molecular complexity index is 2140. The molecule has 18 heteroatoms. The van der Waals surface area contributed by atoms with Gasteiger partial charge in [-0.2, -0.15) is 28.4 Å². The van der Waals surface area contributed by atoms with Crippen LogP contribution in [0.2, 0.25) is 5.02 Å². The smallest absolute Gasteiger partial charge is 0.475 e. The molecule has 1 saturated heterocycles. The van der Waals surface area contributed by atoms with E-state index in [0.717, 1.165) is 16.9 Å². The summed E-state index contributed by atoms with van der Waals surface area (Å²) in [6.07, 6.45) is -3.63. The van der Waals surface area contributed by atoms with Gasteiger partial charge < -0.3 is 26.2 Å². The second-order valence-electron chi connectivity index (χ2n) is 11.1. The molecule has 2 aromatic carbocycles. The van der Waals surface area contributed by atoms with Gasteiger partial charge in [-0.05, 0) is 37.7 Å². The molecule has 1 aliphatic heterocycles. The molecule has 4 heterocycles. The summed E-state index contributed by atoms with van der Waals surface area (Å²) in [5.74, 6) is -3.36. The number of nitrogen functional groups attached to an aromatic ring is 2. The lowest BCUT2D eigenvalue weighted by molar-refractivity contribution is -0.192. The topological polar surface area (TPSA) is 168 Å². The molecule has 0 unspecified atom stereocenters. The van der Waals surface area contributed by atoms with E-state index < -0.39 is 23.8 Å². The Labute approximate surface area is 284 Å². The number of likely N-dealkylation sites (tertiary alicyclic amines) is 1. The minimum atomic E-state index is -5.08. The van der Waals surface area contributed by atoms with E-state index in [2.05, 4.69) is 19.9 Å². The number of carboxylic acid groups (broad SMARTS) is 1. The van der Waals surface area contributed by atoms with Crippen molar-refractivity contribution in [2.45, 2.75) is 25.2 Å². The highest BCUT2D eigenvalue weighted by Crippen LogP contribution is 2.46. The fraction of sp³-hybridized carbons (Fsp3) is 0.258. The van der Waals surface area contributed by atoms with Crippen molar-refractivity contribution in [3.05, 3.63) is 64.3 Å². The van der Waals surface area contributed by atoms with Crippen LogP contribution < -0.4 is 21.1 Å². The maximum atomic E-state index is 16.7. The van der Waals surface area contributed by atoms with Crippen LogP contribution in [0.4, 0.5) is 38.6 Å². The van der Waals surface area contributed by atoms with Crippen molar-refractivity contribution in [3.63, 3.8) is 0 Å². The number of fused-ring (bicyclic) bond motifs is 2. The molecule has 0 bridgehead atoms. The first-order chi connectivity index (χ1) is 23.0. The van der Waals surface area contributed by atoms with Gasteiger partial charge in [0.05, 0.1) is 21.3 Å². The molecule has 11 nitrogen and oxygen atoms in total. The van der Waals surface area contributed by atoms with Gasteiger partial charge in [0.15, 0.2) is 5.82 Å². The summed E-state index contributed by atoms with van der Waals surface area (Å²) in [7, 11) is 3.76. The summed E-state index contributed by atoms with van der Waals surface area (Å²) < 4.78 is 69.4. The van der Waals surface area contributed by atoms with Crippen molar-refractivity contribution in [1.29, 1.82) is 5.26 Å². The Kier molecular flexibility index (Phi) is 9.68. The number of thiophene rings is 1. The number of hydrogen-bond donors (Lipinski definition) is 3. The van der Waals surface area contributed by atoms with Gasteiger partial charge in [-0.15, -0.1) is 11.3 Å². The average molecular weight is 721 g/mol. The Morgan fingerprint density at radius 1 is 1.24 bits per heavy atom. The quantitative estimate of drug-likeness (QED) is 0.166. The largest absolute Gasteiger partial charge is 0.490 e. The lowest BCUT2D eigenvalue weighted by Crippen LogP contribution is -2.51. The van der Waals surface area contributed by atoms with Crippen molar-refractivity contribution in [2.75, 3.05) is 43.6 Å². The number of alkyl halides is 3. The molecule has 1 aliphatic rings. The number of halogens is 6. The molecule has 1 fully saturated rings. The summed E-state index contributed by atoms with van der Waals surface area (Å²) in [4.78, 5) is 26.1. The number of aromatic nitrogens is 3. The van der Waals surface area contributed by atoms with Crippen molar-refractivity contribution in [1.82, 2.24) is 19.9 Å². The molecule has 1 atom stereocenters. The minimum absolute atomic E-state index is 0.00252. The van der Waals surface area contributed by atoms with Crippen LogP contribution in [0.15, 0.2) is 36.5 Å². The summed E-state index contributed by atoms with van der Waals surface area (Å²) in [6, 6.07) is 9.52. The minimum Gasteiger partial charge on any atom is -0.475 e. The molecular formula is C31H26ClF5N8O3S. The molecule has 0 spiro atoms. The fourth-order valence-electron chi connectivity index (χ4n) is 5.28. The van der Waals surface area contributed by atoms with Crippen LogP contribution in [-0.4, -0.2) is 70.4 Å². The first-order valence-electron chi connectivity index (χ1n) is 14.2. The number of aliphatic carboxylic acids is 1. The second kappa shape index (κ2) is 13.5. The van der Waals surface area contributed by atoms with Gasteiger partial charge >= 0.3 is 18.2 Å². The Morgan fingerprint density at radius 2 is 1.92 bits per heavy atom. The maximum absolute atomic E-state index is 16.7. The number of ether oxygens (including phenoxy) is 1. The number of hydrogen-bond acceptors (Lipinski definition) is 11. The Morgan fingerprint density at radius 3 is 2.51 bits per heavy atom. The molecular weight excluding hydrogens is 695 g/mol. The average Bonchev–Trinajstić information content (AvgIpc) is 3.37. The van der Waals surface area contributed by atoms with E-state index in [1.54, 1.807) is 25.4 Å². The van der Waals surface area contributed by atoms with Gasteiger partial charge in [-0.3, -0.25) is 4.90 Å². The highest BCUT2D eigenvalue weighted by molar-refractivity contribution is 7.23. The summed E-state index contributed by atoms with van der Waals surface area (Å²) in [5, 5.41) is 17.6. The monoisotopic (exact) mass is 720 g/mol. The third-order valence-corrected chi connectivity index (χ3v) is 9.15. The number of carbonyl (C=O) groups is 1. The molecule has 49 heavy (non-hydrogen) atoms. The number of carboxylic acids is 1. The Hall–Kier alpha value is -5.05. The van der Waals surface area contributed by atoms with Gasteiger partial charge in [0.25, 0.3) is 0 Å². The second-order valence-corrected chi connectivity index (χ2v) is 12.5.